The van der Waals surface area contributed by atoms with Crippen molar-refractivity contribution in [1.82, 2.24) is 5.32 Å². The molecule has 0 bridgehead atoms. The SMILES string of the molecule is CCNC(c1cc(Cl)sc1Cl)c1cccc(F)c1F. The second kappa shape index (κ2) is 6.18. The van der Waals surface area contributed by atoms with Crippen LogP contribution >= 0.6 is 34.5 Å². The molecule has 6 heteroatoms. The second-order valence-corrected chi connectivity index (χ2v) is 6.20. The predicted octanol–water partition coefficient (Wildman–Crippen LogP) is 5.03. The van der Waals surface area contributed by atoms with Gasteiger partial charge in [-0.3, -0.25) is 0 Å². The maximum Gasteiger partial charge on any atom is 0.163 e. The zero-order chi connectivity index (χ0) is 14.0. The Morgan fingerprint density at radius 2 is 2.00 bits per heavy atom. The quantitative estimate of drug-likeness (QED) is 0.832. The fraction of sp³-hybridized carbons (Fsp3) is 0.231. The highest BCUT2D eigenvalue weighted by Crippen LogP contribution is 2.38. The summed E-state index contributed by atoms with van der Waals surface area (Å²) in [5.74, 6) is -1.75. The summed E-state index contributed by atoms with van der Waals surface area (Å²) >= 11 is 13.2. The van der Waals surface area contributed by atoms with E-state index in [9.17, 15) is 8.78 Å². The van der Waals surface area contributed by atoms with Gasteiger partial charge in [-0.15, -0.1) is 11.3 Å². The minimum absolute atomic E-state index is 0.221. The van der Waals surface area contributed by atoms with Crippen LogP contribution in [0.3, 0.4) is 0 Å². The van der Waals surface area contributed by atoms with E-state index in [1.54, 1.807) is 6.07 Å². The second-order valence-electron chi connectivity index (χ2n) is 3.91. The third-order valence-electron chi connectivity index (χ3n) is 2.69. The lowest BCUT2D eigenvalue weighted by atomic mass is 10.0. The molecule has 0 spiro atoms. The Labute approximate surface area is 124 Å². The van der Waals surface area contributed by atoms with Crippen molar-refractivity contribution in [3.05, 3.63) is 55.7 Å². The molecule has 0 aliphatic carbocycles. The van der Waals surface area contributed by atoms with Gasteiger partial charge in [0, 0.05) is 11.1 Å². The van der Waals surface area contributed by atoms with Crippen molar-refractivity contribution in [2.45, 2.75) is 13.0 Å². The van der Waals surface area contributed by atoms with Crippen molar-refractivity contribution in [2.75, 3.05) is 6.54 Å². The van der Waals surface area contributed by atoms with Crippen LogP contribution in [0.4, 0.5) is 8.78 Å². The molecular weight excluding hydrogens is 311 g/mol. The maximum absolute atomic E-state index is 13.9. The van der Waals surface area contributed by atoms with Crippen LogP contribution < -0.4 is 5.32 Å². The molecule has 0 aliphatic heterocycles. The van der Waals surface area contributed by atoms with Crippen LogP contribution in [-0.4, -0.2) is 6.54 Å². The van der Waals surface area contributed by atoms with Crippen LogP contribution in [0.25, 0.3) is 0 Å². The first-order valence-corrected chi connectivity index (χ1v) is 7.23. The molecular formula is C13H11Cl2F2NS. The van der Waals surface area contributed by atoms with Gasteiger partial charge in [0.1, 0.15) is 0 Å². The van der Waals surface area contributed by atoms with E-state index in [0.717, 1.165) is 6.07 Å². The molecule has 19 heavy (non-hydrogen) atoms. The van der Waals surface area contributed by atoms with Crippen LogP contribution in [-0.2, 0) is 0 Å². The van der Waals surface area contributed by atoms with Crippen LogP contribution in [0.2, 0.25) is 8.67 Å². The fourth-order valence-corrected chi connectivity index (χ4v) is 3.42. The first kappa shape index (κ1) is 14.7. The molecule has 0 fully saturated rings. The molecule has 2 rings (SSSR count). The average Bonchev–Trinajstić information content (AvgIpc) is 2.69. The van der Waals surface area contributed by atoms with Crippen molar-refractivity contribution in [2.24, 2.45) is 0 Å². The minimum Gasteiger partial charge on any atom is -0.306 e. The monoisotopic (exact) mass is 321 g/mol. The van der Waals surface area contributed by atoms with Gasteiger partial charge in [0.05, 0.1) is 14.7 Å². The Kier molecular flexibility index (Phi) is 4.79. The van der Waals surface area contributed by atoms with Crippen LogP contribution in [0, 0.1) is 11.6 Å². The number of rotatable bonds is 4. The summed E-state index contributed by atoms with van der Waals surface area (Å²) in [7, 11) is 0. The number of hydrogen-bond acceptors (Lipinski definition) is 2. The van der Waals surface area contributed by atoms with Crippen molar-refractivity contribution in [1.29, 1.82) is 0 Å². The molecule has 1 heterocycles. The highest BCUT2D eigenvalue weighted by molar-refractivity contribution is 7.20. The highest BCUT2D eigenvalue weighted by Gasteiger charge is 2.23. The first-order chi connectivity index (χ1) is 9.04. The topological polar surface area (TPSA) is 12.0 Å². The maximum atomic E-state index is 13.9. The van der Waals surface area contributed by atoms with E-state index in [0.29, 0.717) is 20.8 Å². The molecule has 1 atom stereocenters. The smallest absolute Gasteiger partial charge is 0.163 e. The molecule has 0 saturated heterocycles. The molecule has 0 radical (unpaired) electrons. The highest BCUT2D eigenvalue weighted by atomic mass is 35.5. The summed E-state index contributed by atoms with van der Waals surface area (Å²) in [6.45, 7) is 2.47. The lowest BCUT2D eigenvalue weighted by Crippen LogP contribution is -2.23. The summed E-state index contributed by atoms with van der Waals surface area (Å²) in [4.78, 5) is 0. The lowest BCUT2D eigenvalue weighted by molar-refractivity contribution is 0.483. The summed E-state index contributed by atoms with van der Waals surface area (Å²) in [6.07, 6.45) is 0. The van der Waals surface area contributed by atoms with Gasteiger partial charge in [0.15, 0.2) is 11.6 Å². The molecule has 0 amide bonds. The van der Waals surface area contributed by atoms with Crippen LogP contribution in [0.5, 0.6) is 0 Å². The molecule has 1 aromatic carbocycles. The van der Waals surface area contributed by atoms with E-state index in [-0.39, 0.29) is 5.56 Å². The van der Waals surface area contributed by atoms with Gasteiger partial charge in [-0.2, -0.15) is 0 Å². The van der Waals surface area contributed by atoms with Crippen molar-refractivity contribution in [3.8, 4) is 0 Å². The molecule has 1 nitrogen and oxygen atoms in total. The summed E-state index contributed by atoms with van der Waals surface area (Å²) in [5.41, 5.74) is 0.876. The zero-order valence-corrected chi connectivity index (χ0v) is 12.3. The van der Waals surface area contributed by atoms with E-state index in [1.165, 1.54) is 23.5 Å². The van der Waals surface area contributed by atoms with E-state index in [1.807, 2.05) is 6.92 Å². The predicted molar refractivity (Wildman–Crippen MR) is 76.2 cm³/mol. The third kappa shape index (κ3) is 3.08. The summed E-state index contributed by atoms with van der Waals surface area (Å²) < 4.78 is 28.2. The number of halogens is 4. The van der Waals surface area contributed by atoms with Gasteiger partial charge in [-0.25, -0.2) is 8.78 Å². The molecule has 0 aliphatic rings. The zero-order valence-electron chi connectivity index (χ0n) is 10.0. The van der Waals surface area contributed by atoms with Crippen molar-refractivity contribution >= 4 is 34.5 Å². The lowest BCUT2D eigenvalue weighted by Gasteiger charge is -2.18. The normalized spacial score (nSPS) is 12.7. The Morgan fingerprint density at radius 3 is 2.58 bits per heavy atom. The summed E-state index contributed by atoms with van der Waals surface area (Å²) in [6, 6.07) is 5.25. The van der Waals surface area contributed by atoms with Gasteiger partial charge in [-0.1, -0.05) is 42.3 Å². The number of thiophene rings is 1. The Bertz CT molecular complexity index is 586. The van der Waals surface area contributed by atoms with Gasteiger partial charge in [0.25, 0.3) is 0 Å². The number of benzene rings is 1. The number of nitrogens with one attached hydrogen (secondary N) is 1. The van der Waals surface area contributed by atoms with Gasteiger partial charge >= 0.3 is 0 Å². The standard InChI is InChI=1S/C13H11Cl2F2NS/c1-2-18-12(8-6-10(14)19-13(8)15)7-4-3-5-9(16)11(7)17/h3-6,12,18H,2H2,1H3. The summed E-state index contributed by atoms with van der Waals surface area (Å²) in [5, 5.41) is 3.09. The van der Waals surface area contributed by atoms with Crippen molar-refractivity contribution in [3.63, 3.8) is 0 Å². The van der Waals surface area contributed by atoms with E-state index in [4.69, 9.17) is 23.2 Å². The Hall–Kier alpha value is -0.680. The first-order valence-electron chi connectivity index (χ1n) is 5.66. The van der Waals surface area contributed by atoms with E-state index in [2.05, 4.69) is 5.32 Å². The Balaban J connectivity index is 2.51. The van der Waals surface area contributed by atoms with Gasteiger partial charge < -0.3 is 5.32 Å². The average molecular weight is 322 g/mol. The molecule has 102 valence electrons. The largest absolute Gasteiger partial charge is 0.306 e. The molecule has 1 N–H and O–H groups in total. The van der Waals surface area contributed by atoms with Crippen LogP contribution in [0.15, 0.2) is 24.3 Å². The molecule has 2 aromatic rings. The minimum atomic E-state index is -0.877. The van der Waals surface area contributed by atoms with Crippen LogP contribution in [0.1, 0.15) is 24.1 Å². The van der Waals surface area contributed by atoms with E-state index < -0.39 is 17.7 Å². The Morgan fingerprint density at radius 1 is 1.26 bits per heavy atom. The molecule has 1 unspecified atom stereocenters. The van der Waals surface area contributed by atoms with Crippen molar-refractivity contribution < 1.29 is 8.78 Å². The molecule has 0 saturated carbocycles. The van der Waals surface area contributed by atoms with E-state index >= 15 is 0 Å². The van der Waals surface area contributed by atoms with Gasteiger partial charge in [0.2, 0.25) is 0 Å². The third-order valence-corrected chi connectivity index (χ3v) is 4.21. The number of hydrogen-bond donors (Lipinski definition) is 1. The molecule has 1 aromatic heterocycles. The van der Waals surface area contributed by atoms with Gasteiger partial charge in [-0.05, 0) is 18.7 Å². The fourth-order valence-electron chi connectivity index (χ4n) is 1.88.